The molecule has 0 aromatic heterocycles. The van der Waals surface area contributed by atoms with Gasteiger partial charge in [-0.15, -0.1) is 0 Å². The van der Waals surface area contributed by atoms with E-state index in [4.69, 9.17) is 4.74 Å². The predicted molar refractivity (Wildman–Crippen MR) is 83.7 cm³/mol. The molecule has 6 aliphatic rings. The number of likely N-dealkylation sites (N-methyl/N-ethyl adjacent to an activating group) is 1. The Kier molecular flexibility index (Phi) is 2.34. The lowest BCUT2D eigenvalue weighted by molar-refractivity contribution is -0.195. The largest absolute Gasteiger partial charge is 0.465 e. The third-order valence-corrected chi connectivity index (χ3v) is 8.36. The number of cyclic esters (lactones) is 1. The Morgan fingerprint density at radius 2 is 1.92 bits per heavy atom. The number of carbonyl (C=O) groups excluding carboxylic acids is 3. The Morgan fingerprint density at radius 3 is 2.58 bits per heavy atom. The second-order valence-electron chi connectivity index (χ2n) is 9.15. The minimum atomic E-state index is -0.791. The number of nitrogens with zero attached hydrogens (tertiary/aromatic N) is 2. The number of fused-ring (bicyclic) bond motifs is 1. The summed E-state index contributed by atoms with van der Waals surface area (Å²) in [5, 5.41) is 0. The average Bonchev–Trinajstić information content (AvgIpc) is 3.16. The standard InChI is InChI=1S/C18H24N2O4/c1-15(2)11-7-17-5-4-6-20(17)14(23)18(11,19(3)13(17)22)9-16(15)8-12(21)24-10-16/h11H,4-10H2,1-3H3/t11-,16-,17-,18+/m1/s1. The van der Waals surface area contributed by atoms with E-state index in [1.807, 2.05) is 4.90 Å². The van der Waals surface area contributed by atoms with Crippen LogP contribution in [0, 0.1) is 16.7 Å². The van der Waals surface area contributed by atoms with Crippen LogP contribution in [0.15, 0.2) is 0 Å². The van der Waals surface area contributed by atoms with Crippen LogP contribution in [0.5, 0.6) is 0 Å². The van der Waals surface area contributed by atoms with E-state index in [2.05, 4.69) is 13.8 Å². The maximum absolute atomic E-state index is 13.5. The molecule has 6 nitrogen and oxygen atoms in total. The van der Waals surface area contributed by atoms with Crippen molar-refractivity contribution in [2.45, 2.75) is 57.0 Å². The quantitative estimate of drug-likeness (QED) is 0.619. The van der Waals surface area contributed by atoms with Gasteiger partial charge < -0.3 is 14.5 Å². The van der Waals surface area contributed by atoms with Crippen LogP contribution >= 0.6 is 0 Å². The first-order valence-electron chi connectivity index (χ1n) is 8.97. The molecule has 0 radical (unpaired) electrons. The minimum Gasteiger partial charge on any atom is -0.465 e. The molecule has 4 atom stereocenters. The molecule has 24 heavy (non-hydrogen) atoms. The fourth-order valence-electron chi connectivity index (χ4n) is 6.86. The minimum absolute atomic E-state index is 0.0871. The summed E-state index contributed by atoms with van der Waals surface area (Å²) in [7, 11) is 1.80. The lowest BCUT2D eigenvalue weighted by Crippen LogP contribution is -2.81. The number of piperidine rings is 2. The summed E-state index contributed by atoms with van der Waals surface area (Å²) in [6.07, 6.45) is 3.33. The molecular weight excluding hydrogens is 308 g/mol. The van der Waals surface area contributed by atoms with Crippen LogP contribution < -0.4 is 0 Å². The van der Waals surface area contributed by atoms with Gasteiger partial charge >= 0.3 is 5.97 Å². The Hall–Kier alpha value is -1.59. The zero-order chi connectivity index (χ0) is 17.1. The van der Waals surface area contributed by atoms with Gasteiger partial charge in [-0.05, 0) is 37.0 Å². The molecule has 130 valence electrons. The van der Waals surface area contributed by atoms with Gasteiger partial charge in [-0.25, -0.2) is 0 Å². The van der Waals surface area contributed by atoms with Crippen molar-refractivity contribution in [2.75, 3.05) is 20.2 Å². The average molecular weight is 332 g/mol. The van der Waals surface area contributed by atoms with Crippen LogP contribution in [0.3, 0.4) is 0 Å². The number of ether oxygens (including phenoxy) is 1. The molecule has 0 N–H and O–H groups in total. The lowest BCUT2D eigenvalue weighted by atomic mass is 9.58. The van der Waals surface area contributed by atoms with Crippen LogP contribution in [-0.4, -0.2) is 58.9 Å². The van der Waals surface area contributed by atoms with E-state index in [1.165, 1.54) is 0 Å². The Bertz CT molecular complexity index is 703. The maximum Gasteiger partial charge on any atom is 0.306 e. The molecule has 2 bridgehead atoms. The molecule has 1 saturated carbocycles. The monoisotopic (exact) mass is 332 g/mol. The van der Waals surface area contributed by atoms with E-state index >= 15 is 0 Å². The van der Waals surface area contributed by atoms with Crippen molar-refractivity contribution >= 4 is 17.8 Å². The molecule has 1 aliphatic carbocycles. The first-order chi connectivity index (χ1) is 11.2. The van der Waals surface area contributed by atoms with E-state index in [0.717, 1.165) is 19.3 Å². The Labute approximate surface area is 141 Å². The van der Waals surface area contributed by atoms with Gasteiger partial charge in [0.2, 0.25) is 11.8 Å². The third kappa shape index (κ3) is 1.19. The number of hydrogen-bond acceptors (Lipinski definition) is 4. The molecule has 5 heterocycles. The SMILES string of the molecule is CN1C(=O)[C@]23CCCN2C(=O)[C@@]12C[C@]1(COC(=O)C1)C(C)(C)[C@H]2C3. The molecule has 2 amide bonds. The van der Waals surface area contributed by atoms with Gasteiger partial charge in [-0.2, -0.15) is 0 Å². The highest BCUT2D eigenvalue weighted by molar-refractivity contribution is 6.05. The van der Waals surface area contributed by atoms with Crippen LogP contribution in [0.1, 0.15) is 46.0 Å². The van der Waals surface area contributed by atoms with E-state index in [-0.39, 0.29) is 34.5 Å². The normalized spacial score (nSPS) is 48.3. The zero-order valence-corrected chi connectivity index (χ0v) is 14.6. The smallest absolute Gasteiger partial charge is 0.306 e. The predicted octanol–water partition coefficient (Wildman–Crippen LogP) is 0.941. The summed E-state index contributed by atoms with van der Waals surface area (Å²) in [6.45, 7) is 5.42. The molecule has 6 heteroatoms. The molecule has 5 saturated heterocycles. The number of hydrogen-bond donors (Lipinski definition) is 0. The summed E-state index contributed by atoms with van der Waals surface area (Å²) in [4.78, 5) is 42.3. The van der Waals surface area contributed by atoms with Gasteiger partial charge in [-0.3, -0.25) is 14.4 Å². The first kappa shape index (κ1) is 14.7. The van der Waals surface area contributed by atoms with E-state index in [1.54, 1.807) is 11.9 Å². The Morgan fingerprint density at radius 1 is 1.17 bits per heavy atom. The molecule has 0 aromatic carbocycles. The number of amides is 2. The molecule has 5 aliphatic heterocycles. The first-order valence-corrected chi connectivity index (χ1v) is 8.97. The highest BCUT2D eigenvalue weighted by atomic mass is 16.5. The summed E-state index contributed by atoms with van der Waals surface area (Å²) in [6, 6.07) is 0. The van der Waals surface area contributed by atoms with Crippen molar-refractivity contribution in [3.8, 4) is 0 Å². The zero-order valence-electron chi connectivity index (χ0n) is 14.6. The van der Waals surface area contributed by atoms with Gasteiger partial charge in [0.15, 0.2) is 0 Å². The van der Waals surface area contributed by atoms with Crippen molar-refractivity contribution in [3.63, 3.8) is 0 Å². The van der Waals surface area contributed by atoms with Crippen molar-refractivity contribution in [2.24, 2.45) is 16.7 Å². The Balaban J connectivity index is 1.72. The maximum atomic E-state index is 13.5. The molecular formula is C18H24N2O4. The second kappa shape index (κ2) is 3.81. The lowest BCUT2D eigenvalue weighted by Gasteiger charge is -2.62. The summed E-state index contributed by atoms with van der Waals surface area (Å²) >= 11 is 0. The third-order valence-electron chi connectivity index (χ3n) is 8.36. The van der Waals surface area contributed by atoms with Crippen molar-refractivity contribution in [1.82, 2.24) is 9.80 Å². The van der Waals surface area contributed by atoms with Gasteiger partial charge in [-0.1, -0.05) is 13.8 Å². The van der Waals surface area contributed by atoms with Crippen LogP contribution in [-0.2, 0) is 19.1 Å². The number of piperazine rings is 1. The van der Waals surface area contributed by atoms with Crippen LogP contribution in [0.2, 0.25) is 0 Å². The van der Waals surface area contributed by atoms with Gasteiger partial charge in [0.25, 0.3) is 0 Å². The molecule has 6 fully saturated rings. The molecule has 3 spiro atoms. The van der Waals surface area contributed by atoms with Crippen molar-refractivity contribution in [1.29, 1.82) is 0 Å². The topological polar surface area (TPSA) is 66.9 Å². The van der Waals surface area contributed by atoms with E-state index in [0.29, 0.717) is 26.0 Å². The van der Waals surface area contributed by atoms with Crippen molar-refractivity contribution in [3.05, 3.63) is 0 Å². The fraction of sp³-hybridized carbons (Fsp3) is 0.833. The van der Waals surface area contributed by atoms with Gasteiger partial charge in [0.05, 0.1) is 13.0 Å². The van der Waals surface area contributed by atoms with Crippen LogP contribution in [0.4, 0.5) is 0 Å². The fourth-order valence-corrected chi connectivity index (χ4v) is 6.86. The van der Waals surface area contributed by atoms with Crippen LogP contribution in [0.25, 0.3) is 0 Å². The summed E-state index contributed by atoms with van der Waals surface area (Å²) < 4.78 is 5.36. The molecule has 6 rings (SSSR count). The second-order valence-corrected chi connectivity index (χ2v) is 9.15. The molecule has 0 aromatic rings. The highest BCUT2D eigenvalue weighted by Crippen LogP contribution is 2.71. The van der Waals surface area contributed by atoms with E-state index in [9.17, 15) is 14.4 Å². The number of esters is 1. The van der Waals surface area contributed by atoms with Gasteiger partial charge in [0.1, 0.15) is 11.1 Å². The number of carbonyl (C=O) groups is 3. The highest BCUT2D eigenvalue weighted by Gasteiger charge is 2.80. The van der Waals surface area contributed by atoms with Gasteiger partial charge in [0, 0.05) is 19.0 Å². The van der Waals surface area contributed by atoms with E-state index < -0.39 is 11.1 Å². The number of rotatable bonds is 0. The summed E-state index contributed by atoms with van der Waals surface area (Å²) in [5.41, 5.74) is -1.99. The molecule has 0 unspecified atom stereocenters. The summed E-state index contributed by atoms with van der Waals surface area (Å²) in [5.74, 6) is 0.133. The van der Waals surface area contributed by atoms with Crippen molar-refractivity contribution < 1.29 is 19.1 Å².